The van der Waals surface area contributed by atoms with Crippen molar-refractivity contribution in [2.24, 2.45) is 0 Å². The van der Waals surface area contributed by atoms with E-state index in [1.807, 2.05) is 32.0 Å². The van der Waals surface area contributed by atoms with E-state index in [0.29, 0.717) is 16.7 Å². The molecule has 1 unspecified atom stereocenters. The summed E-state index contributed by atoms with van der Waals surface area (Å²) >= 11 is 1.28. The molecule has 1 atom stereocenters. The van der Waals surface area contributed by atoms with Crippen molar-refractivity contribution in [3.05, 3.63) is 41.1 Å². The predicted molar refractivity (Wildman–Crippen MR) is 93.8 cm³/mol. The van der Waals surface area contributed by atoms with Crippen molar-refractivity contribution in [2.45, 2.75) is 38.1 Å². The normalized spacial score (nSPS) is 12.2. The van der Waals surface area contributed by atoms with E-state index < -0.39 is 5.25 Å². The van der Waals surface area contributed by atoms with Gasteiger partial charge in [-0.1, -0.05) is 35.1 Å². The number of benzene rings is 1. The van der Waals surface area contributed by atoms with Crippen LogP contribution in [0.15, 0.2) is 33.9 Å². The van der Waals surface area contributed by atoms with Gasteiger partial charge in [0, 0.05) is 6.07 Å². The summed E-state index contributed by atoms with van der Waals surface area (Å²) in [6.07, 6.45) is 0. The van der Waals surface area contributed by atoms with Crippen LogP contribution in [-0.4, -0.2) is 36.5 Å². The number of carbonyl (C=O) groups is 1. The fourth-order valence-corrected chi connectivity index (χ4v) is 3.18. The number of thioether (sulfide) groups is 1. The summed E-state index contributed by atoms with van der Waals surface area (Å²) in [5.74, 6) is 0.112. The fourth-order valence-electron chi connectivity index (χ4n) is 2.39. The molecule has 25 heavy (non-hydrogen) atoms. The summed E-state index contributed by atoms with van der Waals surface area (Å²) in [6, 6.07) is 7.65. The lowest BCUT2D eigenvalue weighted by Crippen LogP contribution is -2.22. The van der Waals surface area contributed by atoms with Crippen LogP contribution < -0.4 is 5.32 Å². The highest BCUT2D eigenvalue weighted by Gasteiger charge is 2.21. The first kappa shape index (κ1) is 17.2. The largest absolute Gasteiger partial charge is 0.338 e. The second-order valence-electron chi connectivity index (χ2n) is 5.70. The van der Waals surface area contributed by atoms with Crippen molar-refractivity contribution in [1.82, 2.24) is 25.4 Å². The Morgan fingerprint density at radius 1 is 1.28 bits per heavy atom. The minimum atomic E-state index is -0.417. The number of aromatic nitrogens is 5. The molecule has 0 fully saturated rings. The SMILES string of the molecule is Cc1cc(NC(=O)C(C)Sc2nnnn2-c2c(C)cccc2C)on1. The zero-order valence-electron chi connectivity index (χ0n) is 14.3. The number of carbonyl (C=O) groups excluding carboxylic acids is 1. The second-order valence-corrected chi connectivity index (χ2v) is 7.00. The van der Waals surface area contributed by atoms with Gasteiger partial charge in [-0.3, -0.25) is 10.1 Å². The molecule has 0 aliphatic heterocycles. The average Bonchev–Trinajstić information content (AvgIpc) is 3.16. The monoisotopic (exact) mass is 358 g/mol. The van der Waals surface area contributed by atoms with Crippen LogP contribution in [0.1, 0.15) is 23.7 Å². The van der Waals surface area contributed by atoms with E-state index in [-0.39, 0.29) is 5.91 Å². The number of anilines is 1. The summed E-state index contributed by atoms with van der Waals surface area (Å²) in [5.41, 5.74) is 3.75. The van der Waals surface area contributed by atoms with Gasteiger partial charge in [-0.25, -0.2) is 0 Å². The zero-order chi connectivity index (χ0) is 18.0. The van der Waals surface area contributed by atoms with E-state index in [1.54, 1.807) is 24.6 Å². The van der Waals surface area contributed by atoms with Gasteiger partial charge in [0.15, 0.2) is 0 Å². The van der Waals surface area contributed by atoms with Crippen molar-refractivity contribution >= 4 is 23.6 Å². The molecule has 0 bridgehead atoms. The van der Waals surface area contributed by atoms with Gasteiger partial charge in [0.05, 0.1) is 16.6 Å². The van der Waals surface area contributed by atoms with E-state index >= 15 is 0 Å². The molecule has 0 aliphatic rings. The Labute approximate surface area is 149 Å². The van der Waals surface area contributed by atoms with Gasteiger partial charge in [-0.2, -0.15) is 4.68 Å². The molecule has 3 aromatic rings. The Morgan fingerprint density at radius 3 is 2.64 bits per heavy atom. The molecule has 3 rings (SSSR count). The Morgan fingerprint density at radius 2 is 2.00 bits per heavy atom. The Hall–Kier alpha value is -2.68. The minimum Gasteiger partial charge on any atom is -0.338 e. The third kappa shape index (κ3) is 3.71. The predicted octanol–water partition coefficient (Wildman–Crippen LogP) is 2.69. The van der Waals surface area contributed by atoms with Crippen LogP contribution >= 0.6 is 11.8 Å². The van der Waals surface area contributed by atoms with Gasteiger partial charge in [-0.05, 0) is 49.2 Å². The minimum absolute atomic E-state index is 0.211. The molecule has 1 amide bonds. The fraction of sp³-hybridized carbons (Fsp3) is 0.312. The molecule has 0 saturated carbocycles. The molecule has 0 spiro atoms. The van der Waals surface area contributed by atoms with Gasteiger partial charge in [0.1, 0.15) is 0 Å². The first-order valence-corrected chi connectivity index (χ1v) is 8.59. The number of nitrogens with zero attached hydrogens (tertiary/aromatic N) is 5. The topological polar surface area (TPSA) is 98.7 Å². The van der Waals surface area contributed by atoms with Crippen molar-refractivity contribution in [3.8, 4) is 5.69 Å². The number of amides is 1. The van der Waals surface area contributed by atoms with Crippen LogP contribution in [0.3, 0.4) is 0 Å². The first-order valence-electron chi connectivity index (χ1n) is 7.71. The third-order valence-corrected chi connectivity index (χ3v) is 4.65. The lowest BCUT2D eigenvalue weighted by Gasteiger charge is -2.13. The number of hydrogen-bond donors (Lipinski definition) is 1. The van der Waals surface area contributed by atoms with E-state index in [2.05, 4.69) is 26.0 Å². The molecule has 1 aromatic carbocycles. The van der Waals surface area contributed by atoms with Crippen molar-refractivity contribution in [1.29, 1.82) is 0 Å². The number of rotatable bonds is 5. The van der Waals surface area contributed by atoms with Crippen molar-refractivity contribution in [3.63, 3.8) is 0 Å². The second kappa shape index (κ2) is 7.06. The number of hydrogen-bond acceptors (Lipinski definition) is 7. The van der Waals surface area contributed by atoms with Crippen molar-refractivity contribution in [2.75, 3.05) is 5.32 Å². The molecule has 0 aliphatic carbocycles. The number of nitrogens with one attached hydrogen (secondary N) is 1. The number of tetrazole rings is 1. The van der Waals surface area contributed by atoms with Gasteiger partial charge in [0.25, 0.3) is 0 Å². The van der Waals surface area contributed by atoms with Crippen LogP contribution in [-0.2, 0) is 4.79 Å². The maximum Gasteiger partial charge on any atom is 0.240 e. The average molecular weight is 358 g/mol. The molecule has 2 aromatic heterocycles. The van der Waals surface area contributed by atoms with Crippen LogP contribution in [0.5, 0.6) is 0 Å². The maximum atomic E-state index is 12.3. The Kier molecular flexibility index (Phi) is 4.84. The third-order valence-electron chi connectivity index (χ3n) is 3.62. The molecule has 8 nitrogen and oxygen atoms in total. The summed E-state index contributed by atoms with van der Waals surface area (Å²) in [4.78, 5) is 12.3. The molecular weight excluding hydrogens is 340 g/mol. The van der Waals surface area contributed by atoms with E-state index in [0.717, 1.165) is 16.8 Å². The lowest BCUT2D eigenvalue weighted by atomic mass is 10.1. The summed E-state index contributed by atoms with van der Waals surface area (Å²) < 4.78 is 6.67. The number of aryl methyl sites for hydroxylation is 3. The highest BCUT2D eigenvalue weighted by molar-refractivity contribution is 8.00. The van der Waals surface area contributed by atoms with Crippen LogP contribution in [0, 0.1) is 20.8 Å². The van der Waals surface area contributed by atoms with Crippen LogP contribution in [0.25, 0.3) is 5.69 Å². The van der Waals surface area contributed by atoms with Gasteiger partial charge in [0.2, 0.25) is 16.9 Å². The van der Waals surface area contributed by atoms with Gasteiger partial charge in [-0.15, -0.1) is 5.10 Å². The lowest BCUT2D eigenvalue weighted by molar-refractivity contribution is -0.115. The van der Waals surface area contributed by atoms with E-state index in [9.17, 15) is 4.79 Å². The Bertz CT molecular complexity index is 883. The number of para-hydroxylation sites is 1. The smallest absolute Gasteiger partial charge is 0.240 e. The van der Waals surface area contributed by atoms with Crippen LogP contribution in [0.4, 0.5) is 5.88 Å². The first-order chi connectivity index (χ1) is 12.0. The molecule has 1 N–H and O–H groups in total. The quantitative estimate of drug-likeness (QED) is 0.700. The zero-order valence-corrected chi connectivity index (χ0v) is 15.2. The summed E-state index contributed by atoms with van der Waals surface area (Å²) in [7, 11) is 0. The van der Waals surface area contributed by atoms with Gasteiger partial charge < -0.3 is 4.52 Å². The molecule has 130 valence electrons. The molecular formula is C16H18N6O2S. The standard InChI is InChI=1S/C16H18N6O2S/c1-9-6-5-7-10(2)14(9)22-16(18-20-21-22)25-12(4)15(23)17-13-8-11(3)19-24-13/h5-8,12H,1-4H3,(H,17,23). The van der Waals surface area contributed by atoms with Crippen molar-refractivity contribution < 1.29 is 9.32 Å². The van der Waals surface area contributed by atoms with E-state index in [1.165, 1.54) is 11.8 Å². The highest BCUT2D eigenvalue weighted by Crippen LogP contribution is 2.26. The Balaban J connectivity index is 1.78. The molecule has 2 heterocycles. The van der Waals surface area contributed by atoms with E-state index in [4.69, 9.17) is 4.52 Å². The highest BCUT2D eigenvalue weighted by atomic mass is 32.2. The molecule has 9 heteroatoms. The molecule has 0 radical (unpaired) electrons. The maximum absolute atomic E-state index is 12.3. The summed E-state index contributed by atoms with van der Waals surface area (Å²) in [5, 5.41) is 18.5. The van der Waals surface area contributed by atoms with Crippen LogP contribution in [0.2, 0.25) is 0 Å². The van der Waals surface area contributed by atoms with Gasteiger partial charge >= 0.3 is 0 Å². The molecule has 0 saturated heterocycles. The summed E-state index contributed by atoms with van der Waals surface area (Å²) in [6.45, 7) is 7.57.